The number of hydrogen-bond acceptors (Lipinski definition) is 11. The summed E-state index contributed by atoms with van der Waals surface area (Å²) in [4.78, 5) is 33.6. The lowest BCUT2D eigenvalue weighted by Gasteiger charge is -2.42. The van der Waals surface area contributed by atoms with Gasteiger partial charge in [0.25, 0.3) is 10.1 Å². The summed E-state index contributed by atoms with van der Waals surface area (Å²) in [5, 5.41) is 4.78. The van der Waals surface area contributed by atoms with Crippen molar-refractivity contribution in [2.75, 3.05) is 43.0 Å². The number of terminal acetylenes is 1. The molecule has 16 heteroatoms. The van der Waals surface area contributed by atoms with Gasteiger partial charge in [0.1, 0.15) is 35.1 Å². The molecule has 13 nitrogen and oxygen atoms in total. The van der Waals surface area contributed by atoms with Crippen molar-refractivity contribution in [2.24, 2.45) is 0 Å². The van der Waals surface area contributed by atoms with Crippen molar-refractivity contribution in [1.82, 2.24) is 24.8 Å². The fourth-order valence-electron chi connectivity index (χ4n) is 9.70. The van der Waals surface area contributed by atoms with Gasteiger partial charge < -0.3 is 19.7 Å². The van der Waals surface area contributed by atoms with E-state index in [1.54, 1.807) is 36.4 Å². The van der Waals surface area contributed by atoms with E-state index in [4.69, 9.17) is 25.9 Å². The van der Waals surface area contributed by atoms with Crippen LogP contribution in [0.3, 0.4) is 0 Å². The first-order valence-electron chi connectivity index (χ1n) is 20.1. The maximum absolute atomic E-state index is 17.2. The second kappa shape index (κ2) is 14.8. The Hall–Kier alpha value is -5.63. The van der Waals surface area contributed by atoms with Crippen molar-refractivity contribution in [3.05, 3.63) is 78.0 Å². The van der Waals surface area contributed by atoms with Gasteiger partial charge in [-0.05, 0) is 89.1 Å². The molecule has 0 saturated carbocycles. The van der Waals surface area contributed by atoms with E-state index in [-0.39, 0.29) is 58.5 Å². The summed E-state index contributed by atoms with van der Waals surface area (Å²) in [5.41, 5.74) is -0.247. The lowest BCUT2D eigenvalue weighted by atomic mass is 9.93. The van der Waals surface area contributed by atoms with Crippen LogP contribution in [0.15, 0.2) is 65.7 Å². The van der Waals surface area contributed by atoms with E-state index in [0.717, 1.165) is 32.2 Å². The van der Waals surface area contributed by atoms with Gasteiger partial charge in [0.2, 0.25) is 0 Å². The van der Waals surface area contributed by atoms with Crippen molar-refractivity contribution in [3.8, 4) is 29.6 Å². The predicted octanol–water partition coefficient (Wildman–Crippen LogP) is 7.04. The van der Waals surface area contributed by atoms with Gasteiger partial charge >= 0.3 is 12.1 Å². The van der Waals surface area contributed by atoms with E-state index in [0.29, 0.717) is 59.3 Å². The normalized spacial score (nSPS) is 22.9. The molecule has 312 valence electrons. The lowest BCUT2D eigenvalue weighted by molar-refractivity contribution is 0.0122. The fraction of sp³-hybridized carbons (Fsp3) is 0.409. The number of benzene rings is 3. The van der Waals surface area contributed by atoms with Crippen LogP contribution in [-0.2, 0) is 14.9 Å². The van der Waals surface area contributed by atoms with E-state index in [9.17, 15) is 17.8 Å². The Balaban J connectivity index is 1.07. The maximum atomic E-state index is 17.2. The molecule has 0 spiro atoms. The van der Waals surface area contributed by atoms with Gasteiger partial charge in [-0.3, -0.25) is 19.3 Å². The summed E-state index contributed by atoms with van der Waals surface area (Å²) in [6, 6.07) is 13.7. The summed E-state index contributed by atoms with van der Waals surface area (Å²) in [7, 11) is -4.37. The van der Waals surface area contributed by atoms with Gasteiger partial charge in [-0.25, -0.2) is 13.6 Å². The minimum Gasteiger partial charge on any atom is -0.461 e. The van der Waals surface area contributed by atoms with Crippen LogP contribution in [-0.4, -0.2) is 106 Å². The summed E-state index contributed by atoms with van der Waals surface area (Å²) in [6.45, 7) is 8.06. The zero-order valence-corrected chi connectivity index (χ0v) is 34.3. The molecule has 0 radical (unpaired) electrons. The molecule has 0 unspecified atom stereocenters. The molecule has 4 saturated heterocycles. The third kappa shape index (κ3) is 7.22. The molecule has 2 bridgehead atoms. The third-order valence-electron chi connectivity index (χ3n) is 12.2. The largest absolute Gasteiger partial charge is 0.461 e. The topological polar surface area (TPSA) is 150 Å². The number of pyridine rings is 1. The molecule has 0 aliphatic carbocycles. The quantitative estimate of drug-likeness (QED) is 0.122. The van der Waals surface area contributed by atoms with E-state index < -0.39 is 32.9 Å². The zero-order valence-electron chi connectivity index (χ0n) is 33.5. The highest BCUT2D eigenvalue weighted by Gasteiger charge is 2.50. The first kappa shape index (κ1) is 39.8. The number of halogens is 2. The van der Waals surface area contributed by atoms with Crippen LogP contribution in [0.1, 0.15) is 58.4 Å². The molecule has 9 rings (SSSR count). The average molecular weight is 838 g/mol. The smallest absolute Gasteiger partial charge is 0.410 e. The minimum atomic E-state index is -4.37. The molecule has 4 aliphatic rings. The first-order valence-corrected chi connectivity index (χ1v) is 21.6. The zero-order chi connectivity index (χ0) is 42.1. The van der Waals surface area contributed by atoms with Crippen molar-refractivity contribution >= 4 is 49.4 Å². The van der Waals surface area contributed by atoms with Crippen LogP contribution in [0.25, 0.3) is 32.9 Å². The number of hydrogen-bond donors (Lipinski definition) is 2. The number of piperazine rings is 1. The molecule has 4 aliphatic heterocycles. The molecule has 2 N–H and O–H groups in total. The summed E-state index contributed by atoms with van der Waals surface area (Å²) < 4.78 is 77.8. The SMILES string of the molecule is C#Cc1c(F)ccc2cccc(-c3ncc4c(N5C[C@H]6CC[C@@H](C5)N6C(=O)OC(C)(C)C)nc(OC[C@@]56CCCN5C[C@H](Nc5cccc(S(=O)(=O)O)c5)C6)nc4c3F)c12. The van der Waals surface area contributed by atoms with Crippen LogP contribution in [0.2, 0.25) is 0 Å². The Morgan fingerprint density at radius 2 is 1.83 bits per heavy atom. The van der Waals surface area contributed by atoms with Gasteiger partial charge in [-0.1, -0.05) is 36.3 Å². The second-order valence-corrected chi connectivity index (χ2v) is 18.7. The van der Waals surface area contributed by atoms with Crippen LogP contribution < -0.4 is 15.0 Å². The number of nitrogens with zero attached hydrogens (tertiary/aromatic N) is 6. The molecule has 2 aromatic heterocycles. The first-order chi connectivity index (χ1) is 28.6. The lowest BCUT2D eigenvalue weighted by Crippen LogP contribution is -2.57. The Morgan fingerprint density at radius 1 is 1.07 bits per heavy atom. The molecular weight excluding hydrogens is 793 g/mol. The standard InChI is InChI=1S/C44H45F2N7O6S/c1-5-32-35(45)16-13-26-9-6-12-33(36(26)32)38-37(46)39-34(21-47-38)40(51-23-29-14-15-30(24-51)53(29)42(54)59-43(2,3)4)50-41(49-39)58-25-44-17-8-18-52(44)22-28(20-44)48-27-10-7-11-31(19-27)60(55,56)57/h1,6-7,9-13,16,19,21,28-30,48H,8,14-15,17-18,20,22-25H2,2-4H3,(H,55,56,57)/t28-,29-,30+,44+/m1/s1. The Morgan fingerprint density at radius 3 is 2.57 bits per heavy atom. The fourth-order valence-corrected chi connectivity index (χ4v) is 10.2. The number of fused-ring (bicyclic) bond motifs is 5. The van der Waals surface area contributed by atoms with Crippen molar-refractivity contribution in [3.63, 3.8) is 0 Å². The maximum Gasteiger partial charge on any atom is 0.410 e. The van der Waals surface area contributed by atoms with Crippen LogP contribution in [0.4, 0.5) is 25.1 Å². The van der Waals surface area contributed by atoms with Gasteiger partial charge in [-0.2, -0.15) is 18.4 Å². The molecule has 4 fully saturated rings. The van der Waals surface area contributed by atoms with Gasteiger partial charge in [-0.15, -0.1) is 6.42 Å². The monoisotopic (exact) mass is 837 g/mol. The van der Waals surface area contributed by atoms with E-state index in [1.807, 2.05) is 30.6 Å². The number of carbonyl (C=O) groups excluding carboxylic acids is 1. The minimum absolute atomic E-state index is 0.00555. The molecule has 3 aromatic carbocycles. The highest BCUT2D eigenvalue weighted by molar-refractivity contribution is 7.85. The van der Waals surface area contributed by atoms with E-state index in [1.165, 1.54) is 24.4 Å². The summed E-state index contributed by atoms with van der Waals surface area (Å²) >= 11 is 0. The average Bonchev–Trinajstić information content (AvgIpc) is 3.83. The van der Waals surface area contributed by atoms with Gasteiger partial charge in [0, 0.05) is 48.5 Å². The van der Waals surface area contributed by atoms with Crippen molar-refractivity contribution in [2.45, 2.75) is 87.0 Å². The molecule has 60 heavy (non-hydrogen) atoms. The molecule has 5 aromatic rings. The van der Waals surface area contributed by atoms with Crippen LogP contribution >= 0.6 is 0 Å². The van der Waals surface area contributed by atoms with Crippen LogP contribution in [0.5, 0.6) is 6.01 Å². The van der Waals surface area contributed by atoms with Gasteiger partial charge in [0.05, 0.1) is 33.5 Å². The van der Waals surface area contributed by atoms with E-state index >= 15 is 8.78 Å². The van der Waals surface area contributed by atoms with Gasteiger partial charge in [0.15, 0.2) is 5.82 Å². The number of anilines is 2. The Labute approximate surface area is 346 Å². The number of nitrogens with one attached hydrogen (secondary N) is 1. The molecular formula is C44H45F2N7O6S. The predicted molar refractivity (Wildman–Crippen MR) is 223 cm³/mol. The number of amides is 1. The molecule has 6 heterocycles. The summed E-state index contributed by atoms with van der Waals surface area (Å²) in [6.07, 6.45) is 10.9. The Kier molecular flexibility index (Phi) is 9.84. The summed E-state index contributed by atoms with van der Waals surface area (Å²) in [5.74, 6) is 1.51. The Bertz CT molecular complexity index is 2690. The van der Waals surface area contributed by atoms with Crippen molar-refractivity contribution < 1.29 is 36.0 Å². The second-order valence-electron chi connectivity index (χ2n) is 17.3. The highest BCUT2D eigenvalue weighted by atomic mass is 32.2. The van der Waals surface area contributed by atoms with E-state index in [2.05, 4.69) is 21.1 Å². The number of rotatable bonds is 8. The van der Waals surface area contributed by atoms with Crippen LogP contribution in [0, 0.1) is 24.0 Å². The molecule has 4 atom stereocenters. The van der Waals surface area contributed by atoms with Crippen molar-refractivity contribution in [1.29, 1.82) is 0 Å². The number of aromatic nitrogens is 3. The highest BCUT2D eigenvalue weighted by Crippen LogP contribution is 2.42. The third-order valence-corrected chi connectivity index (χ3v) is 13.1. The molecule has 1 amide bonds. The number of carbonyl (C=O) groups is 1. The number of ether oxygens (including phenoxy) is 2.